The molecule has 0 bridgehead atoms. The van der Waals surface area contributed by atoms with Crippen molar-refractivity contribution < 1.29 is 22.7 Å². The number of carbonyl (C=O) groups excluding carboxylic acids is 2. The van der Waals surface area contributed by atoms with E-state index in [1.165, 1.54) is 6.07 Å². The van der Waals surface area contributed by atoms with Crippen LogP contribution >= 0.6 is 11.6 Å². The first kappa shape index (κ1) is 27.9. The number of anilines is 2. The summed E-state index contributed by atoms with van der Waals surface area (Å²) in [6.45, 7) is 5.32. The predicted molar refractivity (Wildman–Crippen MR) is 148 cm³/mol. The summed E-state index contributed by atoms with van der Waals surface area (Å²) >= 11 is 6.19. The Morgan fingerprint density at radius 3 is 2.53 bits per heavy atom. The minimum atomic E-state index is -3.69. The number of hydrazine groups is 1. The quantitative estimate of drug-likeness (QED) is 0.467. The number of sulfonamides is 1. The molecule has 1 unspecified atom stereocenters. The second-order valence-electron chi connectivity index (χ2n) is 9.43. The van der Waals surface area contributed by atoms with Crippen LogP contribution in [0.25, 0.3) is 0 Å². The van der Waals surface area contributed by atoms with E-state index in [-0.39, 0.29) is 30.2 Å². The summed E-state index contributed by atoms with van der Waals surface area (Å²) in [5.41, 5.74) is 5.82. The molecule has 10 nitrogen and oxygen atoms in total. The van der Waals surface area contributed by atoms with Crippen molar-refractivity contribution in [2.75, 3.05) is 35.7 Å². The van der Waals surface area contributed by atoms with Gasteiger partial charge in [0.25, 0.3) is 5.91 Å². The van der Waals surface area contributed by atoms with E-state index in [0.29, 0.717) is 16.3 Å². The second kappa shape index (κ2) is 11.7. The predicted octanol–water partition coefficient (Wildman–Crippen LogP) is 4.02. The number of ether oxygens (including phenoxy) is 1. The van der Waals surface area contributed by atoms with Crippen LogP contribution in [-0.2, 0) is 19.6 Å². The fourth-order valence-corrected chi connectivity index (χ4v) is 5.48. The highest BCUT2D eigenvalue weighted by atomic mass is 35.5. The minimum absolute atomic E-state index is 0.186. The SMILES string of the molecule is CCOC(=O)c1ccc(C2CC(C(=O)NN3CCCCC3)=NN2c2ccc(Cl)cc2C)c(NS(C)(=O)=O)c1. The maximum absolute atomic E-state index is 13.2. The molecule has 2 N–H and O–H groups in total. The Hall–Kier alpha value is -3.15. The summed E-state index contributed by atoms with van der Waals surface area (Å²) in [4.78, 5) is 25.6. The Kier molecular flexibility index (Phi) is 8.59. The molecule has 0 radical (unpaired) electrons. The molecule has 12 heteroatoms. The van der Waals surface area contributed by atoms with Gasteiger partial charge in [-0.25, -0.2) is 18.2 Å². The molecule has 2 aliphatic rings. The number of halogens is 1. The van der Waals surface area contributed by atoms with E-state index >= 15 is 0 Å². The van der Waals surface area contributed by atoms with Crippen LogP contribution in [0.1, 0.15) is 60.1 Å². The molecule has 1 amide bonds. The first-order valence-corrected chi connectivity index (χ1v) is 14.8. The Morgan fingerprint density at radius 1 is 1.13 bits per heavy atom. The number of rotatable bonds is 8. The van der Waals surface area contributed by atoms with E-state index < -0.39 is 22.0 Å². The summed E-state index contributed by atoms with van der Waals surface area (Å²) in [6.07, 6.45) is 4.42. The molecule has 204 valence electrons. The second-order valence-corrected chi connectivity index (χ2v) is 11.6. The lowest BCUT2D eigenvalue weighted by Gasteiger charge is -2.27. The Balaban J connectivity index is 1.75. The van der Waals surface area contributed by atoms with E-state index in [2.05, 4.69) is 10.1 Å². The van der Waals surface area contributed by atoms with E-state index in [0.717, 1.165) is 49.9 Å². The van der Waals surface area contributed by atoms with Gasteiger partial charge < -0.3 is 4.74 Å². The lowest BCUT2D eigenvalue weighted by Crippen LogP contribution is -2.47. The van der Waals surface area contributed by atoms with E-state index in [1.807, 2.05) is 18.0 Å². The fraction of sp³-hybridized carbons (Fsp3) is 0.423. The molecule has 0 aliphatic carbocycles. The summed E-state index contributed by atoms with van der Waals surface area (Å²) in [6, 6.07) is 9.53. The van der Waals surface area contributed by atoms with Crippen LogP contribution in [0.3, 0.4) is 0 Å². The van der Waals surface area contributed by atoms with Gasteiger partial charge in [-0.1, -0.05) is 24.1 Å². The minimum Gasteiger partial charge on any atom is -0.462 e. The van der Waals surface area contributed by atoms with Gasteiger partial charge in [-0.05, 0) is 62.6 Å². The molecule has 0 saturated carbocycles. The van der Waals surface area contributed by atoms with Crippen LogP contribution < -0.4 is 15.2 Å². The molecule has 2 aromatic carbocycles. The van der Waals surface area contributed by atoms with Crippen molar-refractivity contribution in [3.8, 4) is 0 Å². The molecule has 2 heterocycles. The molecule has 2 aliphatic heterocycles. The van der Waals surface area contributed by atoms with Crippen molar-refractivity contribution in [3.05, 3.63) is 58.1 Å². The summed E-state index contributed by atoms with van der Waals surface area (Å²) in [5, 5.41) is 8.88. The molecule has 1 saturated heterocycles. The number of hydrogen-bond acceptors (Lipinski definition) is 8. The number of hydrogen-bond donors (Lipinski definition) is 2. The van der Waals surface area contributed by atoms with Crippen LogP contribution in [0.5, 0.6) is 0 Å². The first-order chi connectivity index (χ1) is 18.1. The average Bonchev–Trinajstić information content (AvgIpc) is 3.29. The number of benzene rings is 2. The number of amides is 1. The van der Waals surface area contributed by atoms with Gasteiger partial charge in [0, 0.05) is 30.1 Å². The number of hydrazone groups is 1. The number of aryl methyl sites for hydroxylation is 1. The normalized spacial score (nSPS) is 18.2. The highest BCUT2D eigenvalue weighted by Gasteiger charge is 2.35. The highest BCUT2D eigenvalue weighted by Crippen LogP contribution is 2.40. The zero-order valence-corrected chi connectivity index (χ0v) is 23.2. The van der Waals surface area contributed by atoms with Crippen LogP contribution in [0.15, 0.2) is 41.5 Å². The summed E-state index contributed by atoms with van der Waals surface area (Å²) in [5.74, 6) is -0.864. The zero-order chi connectivity index (χ0) is 27.4. The van der Waals surface area contributed by atoms with Crippen molar-refractivity contribution in [1.82, 2.24) is 10.4 Å². The van der Waals surface area contributed by atoms with E-state index in [1.54, 1.807) is 36.2 Å². The monoisotopic (exact) mass is 561 g/mol. The Labute approximate surface area is 228 Å². The molecule has 0 spiro atoms. The largest absolute Gasteiger partial charge is 0.462 e. The first-order valence-electron chi connectivity index (χ1n) is 12.5. The number of piperidine rings is 1. The summed E-state index contributed by atoms with van der Waals surface area (Å²) < 4.78 is 32.1. The number of esters is 1. The molecular formula is C26H32ClN5O5S. The van der Waals surface area contributed by atoms with Crippen LogP contribution in [0.2, 0.25) is 5.02 Å². The van der Waals surface area contributed by atoms with Crippen molar-refractivity contribution >= 4 is 50.6 Å². The molecule has 1 atom stereocenters. The number of nitrogens with zero attached hydrogens (tertiary/aromatic N) is 3. The maximum atomic E-state index is 13.2. The van der Waals surface area contributed by atoms with E-state index in [4.69, 9.17) is 21.4 Å². The molecular weight excluding hydrogens is 530 g/mol. The maximum Gasteiger partial charge on any atom is 0.338 e. The van der Waals surface area contributed by atoms with Crippen LogP contribution in [0, 0.1) is 6.92 Å². The molecule has 1 fully saturated rings. The van der Waals surface area contributed by atoms with Gasteiger partial charge in [-0.3, -0.25) is 20.0 Å². The Morgan fingerprint density at radius 2 is 1.87 bits per heavy atom. The Bertz CT molecular complexity index is 1360. The van der Waals surface area contributed by atoms with Crippen molar-refractivity contribution in [3.63, 3.8) is 0 Å². The van der Waals surface area contributed by atoms with Crippen molar-refractivity contribution in [1.29, 1.82) is 0 Å². The third-order valence-corrected chi connectivity index (χ3v) is 7.24. The topological polar surface area (TPSA) is 120 Å². The van der Waals surface area contributed by atoms with Gasteiger partial charge in [0.2, 0.25) is 10.0 Å². The standard InChI is InChI=1S/C26H32ClN5O5S/c1-4-37-26(34)18-8-10-20(21(15-18)30-38(3,35)36)24-16-22(25(33)29-31-12-6-5-7-13-31)28-32(24)23-11-9-19(27)14-17(23)2/h8-11,14-15,24,30H,4-7,12-13,16H2,1-3H3,(H,29,33). The van der Waals surface area contributed by atoms with Gasteiger partial charge in [-0.15, -0.1) is 0 Å². The van der Waals surface area contributed by atoms with Gasteiger partial charge in [-0.2, -0.15) is 5.10 Å². The van der Waals surface area contributed by atoms with Crippen LogP contribution in [-0.4, -0.2) is 57.0 Å². The van der Waals surface area contributed by atoms with Gasteiger partial charge in [0.15, 0.2) is 0 Å². The molecule has 2 aromatic rings. The van der Waals surface area contributed by atoms with Gasteiger partial charge in [0.1, 0.15) is 5.71 Å². The zero-order valence-electron chi connectivity index (χ0n) is 21.7. The third kappa shape index (κ3) is 6.64. The van der Waals surface area contributed by atoms with Gasteiger partial charge >= 0.3 is 5.97 Å². The summed E-state index contributed by atoms with van der Waals surface area (Å²) in [7, 11) is -3.69. The molecule has 38 heavy (non-hydrogen) atoms. The molecule has 4 rings (SSSR count). The smallest absolute Gasteiger partial charge is 0.338 e. The average molecular weight is 562 g/mol. The molecule has 0 aromatic heterocycles. The lowest BCUT2D eigenvalue weighted by atomic mass is 9.97. The van der Waals surface area contributed by atoms with Crippen molar-refractivity contribution in [2.45, 2.75) is 45.6 Å². The number of nitrogens with one attached hydrogen (secondary N) is 2. The fourth-order valence-electron chi connectivity index (χ4n) is 4.68. The van der Waals surface area contributed by atoms with Crippen molar-refractivity contribution in [2.24, 2.45) is 5.10 Å². The van der Waals surface area contributed by atoms with E-state index in [9.17, 15) is 18.0 Å². The van der Waals surface area contributed by atoms with Crippen LogP contribution in [0.4, 0.5) is 11.4 Å². The number of carbonyl (C=O) groups is 2. The highest BCUT2D eigenvalue weighted by molar-refractivity contribution is 7.92. The third-order valence-electron chi connectivity index (χ3n) is 6.41. The lowest BCUT2D eigenvalue weighted by molar-refractivity contribution is -0.119. The van der Waals surface area contributed by atoms with Gasteiger partial charge in [0.05, 0.1) is 35.8 Å².